The van der Waals surface area contributed by atoms with E-state index >= 15 is 0 Å². The minimum Gasteiger partial charge on any atom is -0.498 e. The molecule has 0 saturated heterocycles. The summed E-state index contributed by atoms with van der Waals surface area (Å²) in [6, 6.07) is 1.32. The van der Waals surface area contributed by atoms with Gasteiger partial charge in [-0.3, -0.25) is 4.98 Å². The second-order valence-electron chi connectivity index (χ2n) is 2.40. The van der Waals surface area contributed by atoms with Gasteiger partial charge in [0.05, 0.1) is 12.4 Å². The second-order valence-corrected chi connectivity index (χ2v) is 3.40. The van der Waals surface area contributed by atoms with Gasteiger partial charge in [0.1, 0.15) is 10.8 Å². The fraction of sp³-hybridized carbons (Fsp3) is 0. The van der Waals surface area contributed by atoms with Crippen LogP contribution in [-0.2, 0) is 0 Å². The van der Waals surface area contributed by atoms with Crippen LogP contribution in [-0.4, -0.2) is 15.1 Å². The van der Waals surface area contributed by atoms with Crippen molar-refractivity contribution in [1.29, 1.82) is 0 Å². The maximum atomic E-state index is 12.7. The van der Waals surface area contributed by atoms with Crippen LogP contribution in [0.2, 0.25) is 0 Å². The van der Waals surface area contributed by atoms with E-state index in [1.165, 1.54) is 18.5 Å². The summed E-state index contributed by atoms with van der Waals surface area (Å²) >= 11 is 1.09. The Kier molecular flexibility index (Phi) is 1.94. The lowest BCUT2D eigenvalue weighted by Crippen LogP contribution is -1.81. The van der Waals surface area contributed by atoms with E-state index in [0.29, 0.717) is 10.6 Å². The highest BCUT2D eigenvalue weighted by Crippen LogP contribution is 2.28. The molecule has 1 N–H and O–H groups in total. The standard InChI is InChI=1S/C8H5FN2OS/c9-6-1-5(2-10-3-6)8-11-4-7(12)13-8/h1-4,12H. The van der Waals surface area contributed by atoms with E-state index in [0.717, 1.165) is 17.5 Å². The molecule has 0 saturated carbocycles. The highest BCUT2D eigenvalue weighted by Gasteiger charge is 2.04. The fourth-order valence-corrected chi connectivity index (χ4v) is 1.57. The van der Waals surface area contributed by atoms with Gasteiger partial charge in [-0.15, -0.1) is 0 Å². The van der Waals surface area contributed by atoms with Crippen molar-refractivity contribution >= 4 is 11.3 Å². The normalized spacial score (nSPS) is 10.2. The van der Waals surface area contributed by atoms with Crippen LogP contribution in [0.1, 0.15) is 0 Å². The molecule has 2 aromatic rings. The molecule has 5 heteroatoms. The molecule has 0 aromatic carbocycles. The largest absolute Gasteiger partial charge is 0.498 e. The smallest absolute Gasteiger partial charge is 0.192 e. The molecule has 0 aliphatic rings. The van der Waals surface area contributed by atoms with E-state index in [2.05, 4.69) is 9.97 Å². The van der Waals surface area contributed by atoms with Crippen LogP contribution >= 0.6 is 11.3 Å². The second kappa shape index (κ2) is 3.10. The third kappa shape index (κ3) is 1.65. The molecule has 13 heavy (non-hydrogen) atoms. The Bertz CT molecular complexity index is 430. The Balaban J connectivity index is 2.46. The number of rotatable bonds is 1. The predicted octanol–water partition coefficient (Wildman–Crippen LogP) is 2.05. The summed E-state index contributed by atoms with van der Waals surface area (Å²) in [5.41, 5.74) is 0.574. The van der Waals surface area contributed by atoms with Crippen molar-refractivity contribution in [2.24, 2.45) is 0 Å². The molecule has 0 aliphatic carbocycles. The maximum Gasteiger partial charge on any atom is 0.192 e. The number of aromatic nitrogens is 2. The summed E-state index contributed by atoms with van der Waals surface area (Å²) in [6.45, 7) is 0. The zero-order chi connectivity index (χ0) is 9.26. The number of pyridine rings is 1. The van der Waals surface area contributed by atoms with E-state index in [4.69, 9.17) is 5.11 Å². The van der Waals surface area contributed by atoms with Crippen LogP contribution in [0.5, 0.6) is 5.06 Å². The van der Waals surface area contributed by atoms with Crippen molar-refractivity contribution in [1.82, 2.24) is 9.97 Å². The molecule has 0 radical (unpaired) electrons. The minimum atomic E-state index is -0.410. The van der Waals surface area contributed by atoms with Crippen LogP contribution in [0.25, 0.3) is 10.6 Å². The molecule has 0 amide bonds. The summed E-state index contributed by atoms with van der Waals surface area (Å²) in [5.74, 6) is -0.410. The molecular formula is C8H5FN2OS. The summed E-state index contributed by atoms with van der Waals surface area (Å²) < 4.78 is 12.7. The van der Waals surface area contributed by atoms with Crippen molar-refractivity contribution in [3.8, 4) is 15.6 Å². The third-order valence-electron chi connectivity index (χ3n) is 1.45. The predicted molar refractivity (Wildman–Crippen MR) is 47.0 cm³/mol. The van der Waals surface area contributed by atoms with Gasteiger partial charge in [-0.25, -0.2) is 9.37 Å². The molecule has 2 heterocycles. The van der Waals surface area contributed by atoms with Gasteiger partial charge < -0.3 is 5.11 Å². The van der Waals surface area contributed by atoms with E-state index in [1.807, 2.05) is 0 Å². The summed E-state index contributed by atoms with van der Waals surface area (Å²) in [6.07, 6.45) is 3.95. The number of hydrogen-bond donors (Lipinski definition) is 1. The SMILES string of the molecule is Oc1cnc(-c2cncc(F)c2)s1. The molecule has 2 aromatic heterocycles. The van der Waals surface area contributed by atoms with Gasteiger partial charge in [-0.1, -0.05) is 11.3 Å². The first-order valence-corrected chi connectivity index (χ1v) is 4.33. The molecular weight excluding hydrogens is 191 g/mol. The van der Waals surface area contributed by atoms with Crippen LogP contribution in [0.3, 0.4) is 0 Å². The lowest BCUT2D eigenvalue weighted by Gasteiger charge is -1.93. The van der Waals surface area contributed by atoms with E-state index < -0.39 is 5.82 Å². The zero-order valence-electron chi connectivity index (χ0n) is 6.44. The highest BCUT2D eigenvalue weighted by atomic mass is 32.1. The molecule has 3 nitrogen and oxygen atoms in total. The summed E-state index contributed by atoms with van der Waals surface area (Å²) in [5, 5.41) is 9.70. The van der Waals surface area contributed by atoms with Gasteiger partial charge in [0.25, 0.3) is 0 Å². The van der Waals surface area contributed by atoms with Crippen LogP contribution in [0.4, 0.5) is 4.39 Å². The van der Waals surface area contributed by atoms with Crippen molar-refractivity contribution in [2.45, 2.75) is 0 Å². The topological polar surface area (TPSA) is 46.0 Å². The molecule has 66 valence electrons. The molecule has 0 fully saturated rings. The van der Waals surface area contributed by atoms with Crippen LogP contribution in [0, 0.1) is 5.82 Å². The van der Waals surface area contributed by atoms with Crippen molar-refractivity contribution < 1.29 is 9.50 Å². The van der Waals surface area contributed by atoms with Crippen molar-refractivity contribution in [2.75, 3.05) is 0 Å². The maximum absolute atomic E-state index is 12.7. The molecule has 0 bridgehead atoms. The quantitative estimate of drug-likeness (QED) is 0.759. The van der Waals surface area contributed by atoms with Crippen molar-refractivity contribution in [3.05, 3.63) is 30.5 Å². The number of aromatic hydroxyl groups is 1. The zero-order valence-corrected chi connectivity index (χ0v) is 7.25. The van der Waals surface area contributed by atoms with Crippen LogP contribution in [0.15, 0.2) is 24.7 Å². The summed E-state index contributed by atoms with van der Waals surface area (Å²) in [4.78, 5) is 7.57. The third-order valence-corrected chi connectivity index (χ3v) is 2.29. The first-order chi connectivity index (χ1) is 6.25. The van der Waals surface area contributed by atoms with Gasteiger partial charge in [0, 0.05) is 11.8 Å². The Morgan fingerprint density at radius 3 is 2.77 bits per heavy atom. The van der Waals surface area contributed by atoms with Gasteiger partial charge in [-0.2, -0.15) is 0 Å². The number of halogens is 1. The van der Waals surface area contributed by atoms with Crippen molar-refractivity contribution in [3.63, 3.8) is 0 Å². The van der Waals surface area contributed by atoms with Gasteiger partial charge in [0.15, 0.2) is 5.06 Å². The average molecular weight is 196 g/mol. The van der Waals surface area contributed by atoms with Gasteiger partial charge >= 0.3 is 0 Å². The number of hydrogen-bond acceptors (Lipinski definition) is 4. The monoisotopic (exact) mass is 196 g/mol. The molecule has 2 rings (SSSR count). The Hall–Kier alpha value is -1.49. The van der Waals surface area contributed by atoms with Gasteiger partial charge in [0.2, 0.25) is 0 Å². The lowest BCUT2D eigenvalue weighted by atomic mass is 10.3. The Labute approximate surface area is 77.5 Å². The van der Waals surface area contributed by atoms with Gasteiger partial charge in [-0.05, 0) is 6.07 Å². The first-order valence-electron chi connectivity index (χ1n) is 3.51. The molecule has 0 spiro atoms. The molecule has 0 aliphatic heterocycles. The Morgan fingerprint density at radius 1 is 1.31 bits per heavy atom. The van der Waals surface area contributed by atoms with E-state index in [-0.39, 0.29) is 5.06 Å². The number of nitrogens with zero attached hydrogens (tertiary/aromatic N) is 2. The lowest BCUT2D eigenvalue weighted by molar-refractivity contribution is 0.489. The highest BCUT2D eigenvalue weighted by molar-refractivity contribution is 7.16. The fourth-order valence-electron chi connectivity index (χ4n) is 0.928. The number of thiazole rings is 1. The van der Waals surface area contributed by atoms with Crippen LogP contribution < -0.4 is 0 Å². The first kappa shape index (κ1) is 8.12. The minimum absolute atomic E-state index is 0.110. The summed E-state index contributed by atoms with van der Waals surface area (Å²) in [7, 11) is 0. The Morgan fingerprint density at radius 2 is 2.15 bits per heavy atom. The molecule has 0 atom stereocenters. The van der Waals surface area contributed by atoms with E-state index in [9.17, 15) is 4.39 Å². The van der Waals surface area contributed by atoms with E-state index in [1.54, 1.807) is 0 Å². The molecule has 0 unspecified atom stereocenters. The average Bonchev–Trinajstić information content (AvgIpc) is 2.52.